The molecule has 1 heterocycles. The number of benzene rings is 1. The summed E-state index contributed by atoms with van der Waals surface area (Å²) in [6.07, 6.45) is 0.875. The lowest BCUT2D eigenvalue weighted by Crippen LogP contribution is -2.31. The second kappa shape index (κ2) is 7.40. The summed E-state index contributed by atoms with van der Waals surface area (Å²) in [5.74, 6) is 2.58. The van der Waals surface area contributed by atoms with Gasteiger partial charge in [-0.15, -0.1) is 0 Å². The Morgan fingerprint density at radius 3 is 2.55 bits per heavy atom. The molecule has 0 saturated heterocycles. The van der Waals surface area contributed by atoms with Gasteiger partial charge in [0.15, 0.2) is 5.82 Å². The average molecular weight is 303 g/mol. The van der Waals surface area contributed by atoms with E-state index in [9.17, 15) is 0 Å². The third kappa shape index (κ3) is 4.07. The summed E-state index contributed by atoms with van der Waals surface area (Å²) in [4.78, 5) is 4.44. The Kier molecular flexibility index (Phi) is 5.55. The maximum atomic E-state index is 5.40. The molecule has 0 amide bonds. The summed E-state index contributed by atoms with van der Waals surface area (Å²) in [5, 5.41) is 7.51. The van der Waals surface area contributed by atoms with Crippen LogP contribution < -0.4 is 10.1 Å². The number of nitrogens with one attached hydrogen (secondary N) is 1. The predicted molar refractivity (Wildman–Crippen MR) is 86.1 cm³/mol. The summed E-state index contributed by atoms with van der Waals surface area (Å²) in [7, 11) is 1.70. The normalized spacial score (nSPS) is 14.1. The van der Waals surface area contributed by atoms with Crippen LogP contribution in [-0.2, 0) is 6.42 Å². The fourth-order valence-corrected chi connectivity index (χ4v) is 2.42. The molecule has 2 rings (SSSR count). The number of hydrogen-bond acceptors (Lipinski definition) is 5. The molecule has 5 nitrogen and oxygen atoms in total. The SMILES string of the molecule is COc1ccccc1CC(C)NC(C)c1nc(C(C)C)no1. The Labute approximate surface area is 132 Å². The van der Waals surface area contributed by atoms with Crippen molar-refractivity contribution in [1.82, 2.24) is 15.5 Å². The molecule has 120 valence electrons. The topological polar surface area (TPSA) is 60.2 Å². The molecule has 0 saturated carbocycles. The van der Waals surface area contributed by atoms with Gasteiger partial charge in [-0.25, -0.2) is 0 Å². The van der Waals surface area contributed by atoms with Gasteiger partial charge in [0.2, 0.25) is 5.89 Å². The number of ether oxygens (including phenoxy) is 1. The van der Waals surface area contributed by atoms with E-state index >= 15 is 0 Å². The first-order valence-corrected chi connectivity index (χ1v) is 7.72. The largest absolute Gasteiger partial charge is 0.496 e. The quantitative estimate of drug-likeness (QED) is 0.848. The van der Waals surface area contributed by atoms with Crippen LogP contribution in [0.4, 0.5) is 0 Å². The van der Waals surface area contributed by atoms with Crippen LogP contribution in [0.2, 0.25) is 0 Å². The number of rotatable bonds is 7. The summed E-state index contributed by atoms with van der Waals surface area (Å²) in [6, 6.07) is 8.37. The molecule has 1 aromatic carbocycles. The van der Waals surface area contributed by atoms with E-state index < -0.39 is 0 Å². The molecule has 0 aliphatic heterocycles. The van der Waals surface area contributed by atoms with Crippen molar-refractivity contribution in [3.8, 4) is 5.75 Å². The zero-order valence-electron chi connectivity index (χ0n) is 14.0. The molecule has 0 radical (unpaired) electrons. The van der Waals surface area contributed by atoms with Crippen LogP contribution in [0.5, 0.6) is 5.75 Å². The van der Waals surface area contributed by atoms with Gasteiger partial charge in [0.1, 0.15) is 5.75 Å². The van der Waals surface area contributed by atoms with E-state index in [2.05, 4.69) is 42.3 Å². The molecule has 2 atom stereocenters. The van der Waals surface area contributed by atoms with Gasteiger partial charge in [0, 0.05) is 12.0 Å². The van der Waals surface area contributed by atoms with Gasteiger partial charge in [-0.05, 0) is 31.9 Å². The highest BCUT2D eigenvalue weighted by atomic mass is 16.5. The van der Waals surface area contributed by atoms with E-state index in [1.807, 2.05) is 25.1 Å². The number of methoxy groups -OCH3 is 1. The van der Waals surface area contributed by atoms with Gasteiger partial charge < -0.3 is 14.6 Å². The molecule has 0 fully saturated rings. The number of nitrogens with zero attached hydrogens (tertiary/aromatic N) is 2. The standard InChI is InChI=1S/C17H25N3O2/c1-11(2)16-19-17(22-20-16)13(4)18-12(3)10-14-8-6-7-9-15(14)21-5/h6-9,11-13,18H,10H2,1-5H3. The minimum Gasteiger partial charge on any atom is -0.496 e. The van der Waals surface area contributed by atoms with Crippen LogP contribution in [0.3, 0.4) is 0 Å². The third-order valence-electron chi connectivity index (χ3n) is 3.60. The van der Waals surface area contributed by atoms with E-state index in [0.29, 0.717) is 5.89 Å². The van der Waals surface area contributed by atoms with Crippen molar-refractivity contribution >= 4 is 0 Å². The molecule has 0 aliphatic carbocycles. The van der Waals surface area contributed by atoms with Gasteiger partial charge in [-0.3, -0.25) is 0 Å². The van der Waals surface area contributed by atoms with Gasteiger partial charge in [0.25, 0.3) is 0 Å². The van der Waals surface area contributed by atoms with E-state index in [4.69, 9.17) is 9.26 Å². The van der Waals surface area contributed by atoms with Crippen molar-refractivity contribution in [2.45, 2.75) is 52.1 Å². The van der Waals surface area contributed by atoms with Crippen LogP contribution in [0.15, 0.2) is 28.8 Å². The molecule has 1 N–H and O–H groups in total. The molecule has 2 aromatic rings. The third-order valence-corrected chi connectivity index (χ3v) is 3.60. The lowest BCUT2D eigenvalue weighted by molar-refractivity contribution is 0.322. The summed E-state index contributed by atoms with van der Waals surface area (Å²) in [5.41, 5.74) is 1.19. The smallest absolute Gasteiger partial charge is 0.243 e. The zero-order valence-corrected chi connectivity index (χ0v) is 14.0. The highest BCUT2D eigenvalue weighted by molar-refractivity contribution is 5.33. The first-order valence-electron chi connectivity index (χ1n) is 7.72. The fourth-order valence-electron chi connectivity index (χ4n) is 2.42. The zero-order chi connectivity index (χ0) is 16.1. The van der Waals surface area contributed by atoms with Crippen LogP contribution in [-0.4, -0.2) is 23.3 Å². The second-order valence-electron chi connectivity index (χ2n) is 5.95. The van der Waals surface area contributed by atoms with Crippen LogP contribution >= 0.6 is 0 Å². The maximum absolute atomic E-state index is 5.40. The number of para-hydroxylation sites is 1. The molecular weight excluding hydrogens is 278 g/mol. The van der Waals surface area contributed by atoms with Crippen molar-refractivity contribution < 1.29 is 9.26 Å². The van der Waals surface area contributed by atoms with E-state index in [1.54, 1.807) is 7.11 Å². The Morgan fingerprint density at radius 1 is 1.18 bits per heavy atom. The lowest BCUT2D eigenvalue weighted by Gasteiger charge is -2.18. The van der Waals surface area contributed by atoms with E-state index in [-0.39, 0.29) is 18.0 Å². The van der Waals surface area contributed by atoms with Gasteiger partial charge >= 0.3 is 0 Å². The Morgan fingerprint density at radius 2 is 1.91 bits per heavy atom. The Hall–Kier alpha value is -1.88. The summed E-state index contributed by atoms with van der Waals surface area (Å²) < 4.78 is 10.7. The molecule has 5 heteroatoms. The minimum absolute atomic E-state index is 0.0182. The number of hydrogen-bond donors (Lipinski definition) is 1. The molecule has 22 heavy (non-hydrogen) atoms. The Balaban J connectivity index is 1.97. The molecule has 0 spiro atoms. The van der Waals surface area contributed by atoms with Crippen LogP contribution in [0.1, 0.15) is 56.9 Å². The fraction of sp³-hybridized carbons (Fsp3) is 0.529. The summed E-state index contributed by atoms with van der Waals surface area (Å²) >= 11 is 0. The monoisotopic (exact) mass is 303 g/mol. The van der Waals surface area contributed by atoms with Crippen molar-refractivity contribution in [1.29, 1.82) is 0 Å². The molecular formula is C17H25N3O2. The first-order chi connectivity index (χ1) is 10.5. The van der Waals surface area contributed by atoms with E-state index in [1.165, 1.54) is 5.56 Å². The molecule has 2 unspecified atom stereocenters. The van der Waals surface area contributed by atoms with Crippen molar-refractivity contribution in [3.63, 3.8) is 0 Å². The number of aromatic nitrogens is 2. The molecule has 0 bridgehead atoms. The Bertz CT molecular complexity index is 595. The highest BCUT2D eigenvalue weighted by Crippen LogP contribution is 2.20. The average Bonchev–Trinajstić information content (AvgIpc) is 2.98. The van der Waals surface area contributed by atoms with E-state index in [0.717, 1.165) is 18.0 Å². The lowest BCUT2D eigenvalue weighted by atomic mass is 10.1. The molecule has 1 aromatic heterocycles. The van der Waals surface area contributed by atoms with Crippen molar-refractivity contribution in [2.24, 2.45) is 0 Å². The van der Waals surface area contributed by atoms with Crippen molar-refractivity contribution in [3.05, 3.63) is 41.5 Å². The van der Waals surface area contributed by atoms with Crippen LogP contribution in [0, 0.1) is 0 Å². The molecule has 0 aliphatic rings. The van der Waals surface area contributed by atoms with Crippen molar-refractivity contribution in [2.75, 3.05) is 7.11 Å². The second-order valence-corrected chi connectivity index (χ2v) is 5.95. The maximum Gasteiger partial charge on any atom is 0.243 e. The first kappa shape index (κ1) is 16.5. The summed E-state index contributed by atoms with van der Waals surface area (Å²) in [6.45, 7) is 8.28. The van der Waals surface area contributed by atoms with Gasteiger partial charge in [0.05, 0.1) is 13.2 Å². The van der Waals surface area contributed by atoms with Crippen LogP contribution in [0.25, 0.3) is 0 Å². The minimum atomic E-state index is 0.0182. The van der Waals surface area contributed by atoms with Gasteiger partial charge in [-0.2, -0.15) is 4.98 Å². The highest BCUT2D eigenvalue weighted by Gasteiger charge is 2.18. The predicted octanol–water partition coefficient (Wildman–Crippen LogP) is 3.48. The van der Waals surface area contributed by atoms with Gasteiger partial charge in [-0.1, -0.05) is 37.2 Å².